The molecule has 0 aromatic carbocycles. The Kier molecular flexibility index (Phi) is 2.60. The van der Waals surface area contributed by atoms with Gasteiger partial charge in [-0.1, -0.05) is 5.21 Å². The zero-order valence-corrected chi connectivity index (χ0v) is 7.76. The Morgan fingerprint density at radius 3 is 3.14 bits per heavy atom. The first kappa shape index (κ1) is 8.96. The van der Waals surface area contributed by atoms with Crippen molar-refractivity contribution in [2.75, 3.05) is 6.54 Å². The average Bonchev–Trinajstić information content (AvgIpc) is 2.79. The molecule has 0 aliphatic carbocycles. The molecule has 2 rings (SSSR count). The molecular formula is C9H12N4O. The van der Waals surface area contributed by atoms with Gasteiger partial charge in [-0.3, -0.25) is 0 Å². The first-order valence-electron chi connectivity index (χ1n) is 4.50. The molecule has 2 N–H and O–H groups in total. The minimum Gasteiger partial charge on any atom is -0.467 e. The second-order valence-electron chi connectivity index (χ2n) is 3.03. The number of rotatable bonds is 4. The Labute approximate surface area is 81.5 Å². The zero-order chi connectivity index (χ0) is 9.80. The monoisotopic (exact) mass is 192 g/mol. The van der Waals surface area contributed by atoms with Gasteiger partial charge in [-0.05, 0) is 18.7 Å². The second kappa shape index (κ2) is 4.06. The van der Waals surface area contributed by atoms with Crippen LogP contribution in [0.3, 0.4) is 0 Å². The van der Waals surface area contributed by atoms with Crippen molar-refractivity contribution in [3.8, 4) is 0 Å². The Balaban J connectivity index is 2.03. The van der Waals surface area contributed by atoms with Gasteiger partial charge in [0.05, 0.1) is 12.0 Å². The predicted molar refractivity (Wildman–Crippen MR) is 50.6 cm³/mol. The van der Waals surface area contributed by atoms with Crippen molar-refractivity contribution in [1.29, 1.82) is 0 Å². The molecule has 0 amide bonds. The van der Waals surface area contributed by atoms with Gasteiger partial charge < -0.3 is 10.2 Å². The largest absolute Gasteiger partial charge is 0.467 e. The van der Waals surface area contributed by atoms with E-state index in [0.29, 0.717) is 13.1 Å². The number of furan rings is 1. The Bertz CT molecular complexity index is 379. The maximum Gasteiger partial charge on any atom is 0.125 e. The summed E-state index contributed by atoms with van der Waals surface area (Å²) in [6, 6.07) is 3.76. The van der Waals surface area contributed by atoms with E-state index in [1.807, 2.05) is 18.3 Å². The fraction of sp³-hybridized carbons (Fsp3) is 0.333. The first-order chi connectivity index (χ1) is 6.88. The van der Waals surface area contributed by atoms with Crippen molar-refractivity contribution < 1.29 is 4.42 Å². The van der Waals surface area contributed by atoms with E-state index in [1.54, 1.807) is 10.9 Å². The van der Waals surface area contributed by atoms with E-state index in [2.05, 4.69) is 10.3 Å². The molecule has 0 bridgehead atoms. The average molecular weight is 192 g/mol. The highest BCUT2D eigenvalue weighted by Gasteiger charge is 2.01. The van der Waals surface area contributed by atoms with Gasteiger partial charge in [0.15, 0.2) is 0 Å². The molecule has 5 heteroatoms. The second-order valence-corrected chi connectivity index (χ2v) is 3.03. The van der Waals surface area contributed by atoms with Crippen LogP contribution in [0.5, 0.6) is 0 Å². The van der Waals surface area contributed by atoms with Crippen molar-refractivity contribution in [2.45, 2.75) is 13.0 Å². The highest BCUT2D eigenvalue weighted by molar-refractivity contribution is 5.00. The normalized spacial score (nSPS) is 10.6. The van der Waals surface area contributed by atoms with E-state index in [-0.39, 0.29) is 0 Å². The lowest BCUT2D eigenvalue weighted by atomic mass is 10.3. The summed E-state index contributed by atoms with van der Waals surface area (Å²) >= 11 is 0. The molecule has 0 atom stereocenters. The number of nitrogens with zero attached hydrogens (tertiary/aromatic N) is 3. The summed E-state index contributed by atoms with van der Waals surface area (Å²) in [4.78, 5) is 0. The molecule has 0 aliphatic heterocycles. The third-order valence-electron chi connectivity index (χ3n) is 1.88. The molecule has 74 valence electrons. The van der Waals surface area contributed by atoms with Crippen LogP contribution < -0.4 is 5.73 Å². The Morgan fingerprint density at radius 2 is 2.43 bits per heavy atom. The maximum absolute atomic E-state index is 5.41. The van der Waals surface area contributed by atoms with E-state index in [0.717, 1.165) is 17.9 Å². The first-order valence-corrected chi connectivity index (χ1v) is 4.50. The molecule has 0 fully saturated rings. The van der Waals surface area contributed by atoms with Gasteiger partial charge >= 0.3 is 0 Å². The van der Waals surface area contributed by atoms with Crippen LogP contribution in [0.4, 0.5) is 0 Å². The molecule has 2 aromatic rings. The highest BCUT2D eigenvalue weighted by atomic mass is 16.3. The fourth-order valence-electron chi connectivity index (χ4n) is 1.24. The summed E-state index contributed by atoms with van der Waals surface area (Å²) in [6.45, 7) is 1.21. The van der Waals surface area contributed by atoms with Crippen molar-refractivity contribution >= 4 is 0 Å². The van der Waals surface area contributed by atoms with Crippen molar-refractivity contribution in [2.24, 2.45) is 5.73 Å². The van der Waals surface area contributed by atoms with Crippen LogP contribution in [0.1, 0.15) is 11.5 Å². The van der Waals surface area contributed by atoms with Crippen LogP contribution >= 0.6 is 0 Å². The molecule has 14 heavy (non-hydrogen) atoms. The van der Waals surface area contributed by atoms with Crippen LogP contribution in [0.25, 0.3) is 0 Å². The van der Waals surface area contributed by atoms with Crippen molar-refractivity contribution in [3.63, 3.8) is 0 Å². The lowest BCUT2D eigenvalue weighted by Gasteiger charge is -1.94. The van der Waals surface area contributed by atoms with E-state index >= 15 is 0 Å². The van der Waals surface area contributed by atoms with Crippen molar-refractivity contribution in [1.82, 2.24) is 15.0 Å². The van der Waals surface area contributed by atoms with Crippen LogP contribution in [0.15, 0.2) is 29.0 Å². The van der Waals surface area contributed by atoms with Gasteiger partial charge in [-0.15, -0.1) is 5.10 Å². The van der Waals surface area contributed by atoms with Crippen molar-refractivity contribution in [3.05, 3.63) is 36.0 Å². The number of hydrogen-bond acceptors (Lipinski definition) is 4. The van der Waals surface area contributed by atoms with Crippen LogP contribution in [0.2, 0.25) is 0 Å². The van der Waals surface area contributed by atoms with Gasteiger partial charge in [0.1, 0.15) is 12.3 Å². The lowest BCUT2D eigenvalue weighted by Crippen LogP contribution is -2.02. The molecule has 0 saturated carbocycles. The lowest BCUT2D eigenvalue weighted by molar-refractivity contribution is 0.475. The highest BCUT2D eigenvalue weighted by Crippen LogP contribution is 2.02. The molecular weight excluding hydrogens is 180 g/mol. The zero-order valence-electron chi connectivity index (χ0n) is 7.76. The summed E-state index contributed by atoms with van der Waals surface area (Å²) in [5, 5.41) is 7.94. The third kappa shape index (κ3) is 2.00. The van der Waals surface area contributed by atoms with Crippen LogP contribution in [-0.2, 0) is 13.0 Å². The molecule has 5 nitrogen and oxygen atoms in total. The van der Waals surface area contributed by atoms with Gasteiger partial charge in [-0.2, -0.15) is 0 Å². The van der Waals surface area contributed by atoms with Crippen LogP contribution in [-0.4, -0.2) is 21.5 Å². The third-order valence-corrected chi connectivity index (χ3v) is 1.88. The Morgan fingerprint density at radius 1 is 1.50 bits per heavy atom. The summed E-state index contributed by atoms with van der Waals surface area (Å²) in [5.41, 5.74) is 6.33. The fourth-order valence-corrected chi connectivity index (χ4v) is 1.24. The van der Waals surface area contributed by atoms with E-state index < -0.39 is 0 Å². The van der Waals surface area contributed by atoms with E-state index in [1.165, 1.54) is 0 Å². The van der Waals surface area contributed by atoms with Gasteiger partial charge in [-0.25, -0.2) is 4.68 Å². The SMILES string of the molecule is NCCc1cn(Cc2ccco2)nn1. The Hall–Kier alpha value is -1.62. The van der Waals surface area contributed by atoms with E-state index in [9.17, 15) is 0 Å². The standard InChI is InChI=1S/C9H12N4O/c10-4-3-8-6-13(12-11-8)7-9-2-1-5-14-9/h1-2,5-6H,3-4,7,10H2. The smallest absolute Gasteiger partial charge is 0.125 e. The van der Waals surface area contributed by atoms with Gasteiger partial charge in [0, 0.05) is 12.6 Å². The summed E-state index contributed by atoms with van der Waals surface area (Å²) in [6.07, 6.45) is 4.29. The summed E-state index contributed by atoms with van der Waals surface area (Å²) in [5.74, 6) is 0.870. The number of hydrogen-bond donors (Lipinski definition) is 1. The van der Waals surface area contributed by atoms with Gasteiger partial charge in [0.25, 0.3) is 0 Å². The minimum absolute atomic E-state index is 0.597. The number of nitrogens with two attached hydrogens (primary N) is 1. The molecule has 2 aromatic heterocycles. The molecule has 0 spiro atoms. The summed E-state index contributed by atoms with van der Waals surface area (Å²) in [7, 11) is 0. The maximum atomic E-state index is 5.41. The van der Waals surface area contributed by atoms with Crippen LogP contribution in [0, 0.1) is 0 Å². The van der Waals surface area contributed by atoms with Gasteiger partial charge in [0.2, 0.25) is 0 Å². The summed E-state index contributed by atoms with van der Waals surface area (Å²) < 4.78 is 6.93. The predicted octanol–water partition coefficient (Wildman–Crippen LogP) is 0.421. The molecule has 0 aliphatic rings. The minimum atomic E-state index is 0.597. The van der Waals surface area contributed by atoms with E-state index in [4.69, 9.17) is 10.2 Å². The molecule has 0 radical (unpaired) electrons. The quantitative estimate of drug-likeness (QED) is 0.762. The topological polar surface area (TPSA) is 69.9 Å². The molecule has 2 heterocycles. The molecule has 0 saturated heterocycles. The molecule has 0 unspecified atom stereocenters. The number of aromatic nitrogens is 3.